The molecule has 0 fully saturated rings. The molecule has 0 aliphatic carbocycles. The zero-order valence-corrected chi connectivity index (χ0v) is 19.9. The van der Waals surface area contributed by atoms with Gasteiger partial charge in [0.25, 0.3) is 0 Å². The quantitative estimate of drug-likeness (QED) is 0.267. The van der Waals surface area contributed by atoms with Crippen molar-refractivity contribution in [1.29, 1.82) is 0 Å². The highest BCUT2D eigenvalue weighted by Crippen LogP contribution is 2.39. The zero-order valence-electron chi connectivity index (χ0n) is 18.3. The van der Waals surface area contributed by atoms with Crippen molar-refractivity contribution in [1.82, 2.24) is 0 Å². The van der Waals surface area contributed by atoms with Crippen LogP contribution in [0, 0.1) is 6.92 Å². The third-order valence-electron chi connectivity index (χ3n) is 5.75. The van der Waals surface area contributed by atoms with E-state index >= 15 is 0 Å². The van der Waals surface area contributed by atoms with Crippen LogP contribution in [0.2, 0.25) is 10.0 Å². The number of carbonyl (C=O) groups excluding carboxylic acids is 1. The molecule has 0 saturated carbocycles. The Bertz CT molecular complexity index is 1410. The maximum Gasteiger partial charge on any atom is 0.231 e. The summed E-state index contributed by atoms with van der Waals surface area (Å²) in [6.45, 7) is 2.16. The second-order valence-electron chi connectivity index (χ2n) is 8.02. The fourth-order valence-electron chi connectivity index (χ4n) is 3.87. The fraction of sp³-hybridized carbons (Fsp3) is 0.0690. The first-order chi connectivity index (χ1) is 16.5. The Labute approximate surface area is 208 Å². The SMILES string of the molecule is Cc1c(OCc2ccc(Cl)cc2Cl)ccc2c1O/C(=C\c1ccc(-c3ccccc3)cc1)C2=O. The normalized spacial score (nSPS) is 13.6. The molecule has 0 amide bonds. The molecule has 0 saturated heterocycles. The first-order valence-electron chi connectivity index (χ1n) is 10.8. The molecule has 3 nitrogen and oxygen atoms in total. The van der Waals surface area contributed by atoms with Gasteiger partial charge in [-0.05, 0) is 54.0 Å². The Hall–Kier alpha value is -3.53. The minimum absolute atomic E-state index is 0.141. The Balaban J connectivity index is 1.35. The first-order valence-corrected chi connectivity index (χ1v) is 11.6. The van der Waals surface area contributed by atoms with Crippen LogP contribution in [0.15, 0.2) is 90.7 Å². The van der Waals surface area contributed by atoms with Gasteiger partial charge in [0, 0.05) is 21.2 Å². The second kappa shape index (κ2) is 9.38. The summed E-state index contributed by atoms with van der Waals surface area (Å²) in [7, 11) is 0. The van der Waals surface area contributed by atoms with E-state index in [2.05, 4.69) is 12.1 Å². The van der Waals surface area contributed by atoms with Gasteiger partial charge in [-0.3, -0.25) is 4.79 Å². The van der Waals surface area contributed by atoms with Crippen LogP contribution in [0.5, 0.6) is 11.5 Å². The smallest absolute Gasteiger partial charge is 0.231 e. The highest BCUT2D eigenvalue weighted by Gasteiger charge is 2.30. The summed E-state index contributed by atoms with van der Waals surface area (Å²) in [4.78, 5) is 12.9. The Kier molecular flexibility index (Phi) is 6.14. The molecule has 0 atom stereocenters. The van der Waals surface area contributed by atoms with Crippen LogP contribution in [-0.4, -0.2) is 5.78 Å². The van der Waals surface area contributed by atoms with Gasteiger partial charge in [0.05, 0.1) is 5.56 Å². The Morgan fingerprint density at radius 2 is 1.62 bits per heavy atom. The molecular weight excluding hydrogens is 467 g/mol. The highest BCUT2D eigenvalue weighted by atomic mass is 35.5. The lowest BCUT2D eigenvalue weighted by molar-refractivity contribution is 0.101. The molecule has 0 spiro atoms. The molecule has 1 aliphatic heterocycles. The number of halogens is 2. The molecule has 0 bridgehead atoms. The Morgan fingerprint density at radius 1 is 0.882 bits per heavy atom. The van der Waals surface area contributed by atoms with Gasteiger partial charge in [-0.2, -0.15) is 0 Å². The van der Waals surface area contributed by atoms with Gasteiger partial charge in [-0.1, -0.05) is 83.9 Å². The average molecular weight is 487 g/mol. The van der Waals surface area contributed by atoms with Crippen LogP contribution in [-0.2, 0) is 6.61 Å². The fourth-order valence-corrected chi connectivity index (χ4v) is 4.34. The second-order valence-corrected chi connectivity index (χ2v) is 8.86. The van der Waals surface area contributed by atoms with Gasteiger partial charge in [0.1, 0.15) is 18.1 Å². The molecule has 34 heavy (non-hydrogen) atoms. The van der Waals surface area contributed by atoms with Crippen molar-refractivity contribution in [2.75, 3.05) is 0 Å². The van der Waals surface area contributed by atoms with Gasteiger partial charge >= 0.3 is 0 Å². The van der Waals surface area contributed by atoms with E-state index in [4.69, 9.17) is 32.7 Å². The number of Topliss-reactive ketones (excluding diaryl/α,β-unsaturated/α-hetero) is 1. The van der Waals surface area contributed by atoms with E-state index in [1.807, 2.05) is 55.5 Å². The average Bonchev–Trinajstić information content (AvgIpc) is 3.16. The minimum atomic E-state index is -0.141. The number of ether oxygens (including phenoxy) is 2. The van der Waals surface area contributed by atoms with E-state index in [1.165, 1.54) is 0 Å². The summed E-state index contributed by atoms with van der Waals surface area (Å²) >= 11 is 12.2. The topological polar surface area (TPSA) is 35.5 Å². The number of benzene rings is 4. The monoisotopic (exact) mass is 486 g/mol. The maximum absolute atomic E-state index is 12.9. The lowest BCUT2D eigenvalue weighted by atomic mass is 10.0. The third kappa shape index (κ3) is 4.45. The van der Waals surface area contributed by atoms with Crippen molar-refractivity contribution in [3.05, 3.63) is 123 Å². The number of allylic oxidation sites excluding steroid dienone is 1. The molecular formula is C29H20Cl2O3. The predicted octanol–water partition coefficient (Wildman–Crippen LogP) is 8.16. The molecule has 0 unspecified atom stereocenters. The van der Waals surface area contributed by atoms with Crippen LogP contribution >= 0.6 is 23.2 Å². The molecule has 5 heteroatoms. The van der Waals surface area contributed by atoms with Crippen LogP contribution in [0.1, 0.15) is 27.0 Å². The van der Waals surface area contributed by atoms with Crippen molar-refractivity contribution < 1.29 is 14.3 Å². The zero-order chi connectivity index (χ0) is 23.7. The van der Waals surface area contributed by atoms with Gasteiger partial charge < -0.3 is 9.47 Å². The molecule has 0 aromatic heterocycles. The van der Waals surface area contributed by atoms with E-state index in [0.717, 1.165) is 27.8 Å². The molecule has 4 aromatic rings. The molecule has 1 heterocycles. The lowest BCUT2D eigenvalue weighted by Gasteiger charge is -2.12. The summed E-state index contributed by atoms with van der Waals surface area (Å²) in [5, 5.41) is 1.12. The van der Waals surface area contributed by atoms with Gasteiger partial charge in [0.2, 0.25) is 5.78 Å². The van der Waals surface area contributed by atoms with Crippen LogP contribution < -0.4 is 9.47 Å². The third-order valence-corrected chi connectivity index (χ3v) is 6.34. The van der Waals surface area contributed by atoms with Crippen molar-refractivity contribution >= 4 is 35.1 Å². The number of fused-ring (bicyclic) bond motifs is 1. The molecule has 5 rings (SSSR count). The highest BCUT2D eigenvalue weighted by molar-refractivity contribution is 6.35. The molecule has 0 radical (unpaired) electrons. The number of ketones is 1. The van der Waals surface area contributed by atoms with Gasteiger partial charge in [-0.25, -0.2) is 0 Å². The van der Waals surface area contributed by atoms with Crippen LogP contribution in [0.4, 0.5) is 0 Å². The summed E-state index contributed by atoms with van der Waals surface area (Å²) in [6.07, 6.45) is 1.77. The maximum atomic E-state index is 12.9. The van der Waals surface area contributed by atoms with Crippen LogP contribution in [0.25, 0.3) is 17.2 Å². The molecule has 0 N–H and O–H groups in total. The van der Waals surface area contributed by atoms with Gasteiger partial charge in [-0.15, -0.1) is 0 Å². The summed E-state index contributed by atoms with van der Waals surface area (Å²) in [6, 6.07) is 27.0. The number of rotatable bonds is 5. The van der Waals surface area contributed by atoms with Crippen molar-refractivity contribution in [3.8, 4) is 22.6 Å². The van der Waals surface area contributed by atoms with E-state index < -0.39 is 0 Å². The first kappa shape index (κ1) is 22.3. The predicted molar refractivity (Wildman–Crippen MR) is 137 cm³/mol. The van der Waals surface area contributed by atoms with Gasteiger partial charge in [0.15, 0.2) is 5.76 Å². The molecule has 1 aliphatic rings. The Morgan fingerprint density at radius 3 is 2.35 bits per heavy atom. The van der Waals surface area contributed by atoms with E-state index in [-0.39, 0.29) is 12.4 Å². The van der Waals surface area contributed by atoms with Crippen LogP contribution in [0.3, 0.4) is 0 Å². The standard InChI is InChI=1S/C29H20Cl2O3/c1-18-26(33-17-22-11-12-23(30)16-25(22)31)14-13-24-28(32)27(34-29(18)24)15-19-7-9-21(10-8-19)20-5-3-2-4-6-20/h2-16H,17H2,1H3/b27-15-. The summed E-state index contributed by atoms with van der Waals surface area (Å²) in [5.41, 5.74) is 5.26. The largest absolute Gasteiger partial charge is 0.488 e. The lowest BCUT2D eigenvalue weighted by Crippen LogP contribution is -1.99. The number of hydrogen-bond acceptors (Lipinski definition) is 3. The number of hydrogen-bond donors (Lipinski definition) is 0. The van der Waals surface area contributed by atoms with E-state index in [9.17, 15) is 4.79 Å². The minimum Gasteiger partial charge on any atom is -0.488 e. The molecule has 4 aromatic carbocycles. The van der Waals surface area contributed by atoms with Crippen molar-refractivity contribution in [3.63, 3.8) is 0 Å². The summed E-state index contributed by atoms with van der Waals surface area (Å²) in [5.74, 6) is 1.31. The molecule has 168 valence electrons. The number of carbonyl (C=O) groups is 1. The van der Waals surface area contributed by atoms with E-state index in [1.54, 1.807) is 30.3 Å². The van der Waals surface area contributed by atoms with Crippen molar-refractivity contribution in [2.24, 2.45) is 0 Å². The van der Waals surface area contributed by atoms with Crippen molar-refractivity contribution in [2.45, 2.75) is 13.5 Å². The van der Waals surface area contributed by atoms with E-state index in [0.29, 0.717) is 32.9 Å². The summed E-state index contributed by atoms with van der Waals surface area (Å²) < 4.78 is 12.0.